The molecule has 0 spiro atoms. The number of hydrogen-bond acceptors (Lipinski definition) is 2. The van der Waals surface area contributed by atoms with Gasteiger partial charge in [-0.1, -0.05) is 48.9 Å². The lowest BCUT2D eigenvalue weighted by Gasteiger charge is -2.18. The topological polar surface area (TPSA) is 35.2 Å². The van der Waals surface area contributed by atoms with Crippen molar-refractivity contribution in [2.45, 2.75) is 26.4 Å². The molecule has 0 heterocycles. The second kappa shape index (κ2) is 6.39. The molecule has 2 heteroatoms. The number of rotatable bonds is 5. The number of nitrogens with two attached hydrogens (primary N) is 1. The molecular weight excluding hydrogens is 234 g/mol. The Labute approximate surface area is 115 Å². The van der Waals surface area contributed by atoms with Crippen molar-refractivity contribution in [2.24, 2.45) is 5.73 Å². The van der Waals surface area contributed by atoms with Gasteiger partial charge in [-0.15, -0.1) is 0 Å². The summed E-state index contributed by atoms with van der Waals surface area (Å²) in [6.07, 6.45) is 0.950. The molecule has 0 saturated heterocycles. The van der Waals surface area contributed by atoms with Crippen LogP contribution in [-0.4, -0.2) is 6.54 Å². The zero-order valence-electron chi connectivity index (χ0n) is 11.6. The molecule has 0 bridgehead atoms. The van der Waals surface area contributed by atoms with Gasteiger partial charge in [0.2, 0.25) is 0 Å². The number of aryl methyl sites for hydroxylation is 2. The van der Waals surface area contributed by atoms with Gasteiger partial charge in [0.25, 0.3) is 0 Å². The molecule has 0 saturated carbocycles. The van der Waals surface area contributed by atoms with Crippen LogP contribution in [0.1, 0.15) is 29.7 Å². The highest BCUT2D eigenvalue weighted by Crippen LogP contribution is 2.22. The van der Waals surface area contributed by atoms with Crippen molar-refractivity contribution in [3.63, 3.8) is 0 Å². The van der Waals surface area contributed by atoms with Gasteiger partial charge in [-0.05, 0) is 36.6 Å². The summed E-state index contributed by atoms with van der Waals surface area (Å²) >= 11 is 0. The van der Waals surface area contributed by atoms with E-state index in [1.54, 1.807) is 0 Å². The lowest BCUT2D eigenvalue weighted by atomic mass is 10.1. The quantitative estimate of drug-likeness (QED) is 0.885. The van der Waals surface area contributed by atoms with Crippen LogP contribution in [0.25, 0.3) is 0 Å². The highest BCUT2D eigenvalue weighted by atomic mass is 16.5. The lowest BCUT2D eigenvalue weighted by molar-refractivity contribution is 0.214. The monoisotopic (exact) mass is 255 g/mol. The van der Waals surface area contributed by atoms with Crippen LogP contribution in [0.15, 0.2) is 48.5 Å². The first-order valence-electron chi connectivity index (χ1n) is 6.75. The van der Waals surface area contributed by atoms with Crippen molar-refractivity contribution < 1.29 is 4.74 Å². The Morgan fingerprint density at radius 1 is 1.00 bits per heavy atom. The molecule has 2 aromatic carbocycles. The summed E-state index contributed by atoms with van der Waals surface area (Å²) in [6, 6.07) is 16.5. The summed E-state index contributed by atoms with van der Waals surface area (Å²) in [5.74, 6) is 0.869. The van der Waals surface area contributed by atoms with Gasteiger partial charge in [0.05, 0.1) is 0 Å². The maximum Gasteiger partial charge on any atom is 0.136 e. The van der Waals surface area contributed by atoms with E-state index < -0.39 is 0 Å². The zero-order chi connectivity index (χ0) is 13.7. The summed E-state index contributed by atoms with van der Waals surface area (Å²) in [7, 11) is 0. The van der Waals surface area contributed by atoms with E-state index in [0.29, 0.717) is 6.54 Å². The molecule has 0 aliphatic rings. The van der Waals surface area contributed by atoms with Gasteiger partial charge in [-0.2, -0.15) is 0 Å². The highest BCUT2D eigenvalue weighted by molar-refractivity contribution is 5.29. The Balaban J connectivity index is 2.11. The Morgan fingerprint density at radius 2 is 1.63 bits per heavy atom. The van der Waals surface area contributed by atoms with E-state index in [1.165, 1.54) is 11.1 Å². The Kier molecular flexibility index (Phi) is 4.58. The van der Waals surface area contributed by atoms with Crippen LogP contribution >= 0.6 is 0 Å². The summed E-state index contributed by atoms with van der Waals surface area (Å²) in [4.78, 5) is 0. The van der Waals surface area contributed by atoms with Crippen LogP contribution in [0.5, 0.6) is 5.75 Å². The molecule has 1 atom stereocenters. The van der Waals surface area contributed by atoms with E-state index in [9.17, 15) is 0 Å². The maximum absolute atomic E-state index is 5.96. The largest absolute Gasteiger partial charge is 0.484 e. The standard InChI is InChI=1S/C17H21NO/c1-3-14-6-10-16(11-7-14)19-17(12-18)15-8-4-13(2)5-9-15/h4-11,17H,3,12,18H2,1-2H3. The first-order valence-corrected chi connectivity index (χ1v) is 6.75. The van der Waals surface area contributed by atoms with Gasteiger partial charge in [0.1, 0.15) is 11.9 Å². The molecular formula is C17H21NO. The second-order valence-electron chi connectivity index (χ2n) is 4.75. The van der Waals surface area contributed by atoms with Gasteiger partial charge < -0.3 is 10.5 Å². The van der Waals surface area contributed by atoms with Crippen molar-refractivity contribution in [2.75, 3.05) is 6.54 Å². The van der Waals surface area contributed by atoms with Crippen molar-refractivity contribution in [1.82, 2.24) is 0 Å². The molecule has 0 radical (unpaired) electrons. The predicted molar refractivity (Wildman–Crippen MR) is 79.4 cm³/mol. The van der Waals surface area contributed by atoms with Crippen LogP contribution < -0.4 is 10.5 Å². The number of benzene rings is 2. The van der Waals surface area contributed by atoms with Crippen molar-refractivity contribution in [1.29, 1.82) is 0 Å². The molecule has 2 rings (SSSR count). The van der Waals surface area contributed by atoms with Crippen molar-refractivity contribution >= 4 is 0 Å². The average molecular weight is 255 g/mol. The lowest BCUT2D eigenvalue weighted by Crippen LogP contribution is -2.18. The molecule has 0 fully saturated rings. The van der Waals surface area contributed by atoms with Gasteiger partial charge >= 0.3 is 0 Å². The SMILES string of the molecule is CCc1ccc(OC(CN)c2ccc(C)cc2)cc1. The summed E-state index contributed by atoms with van der Waals surface area (Å²) in [6.45, 7) is 4.69. The minimum Gasteiger partial charge on any atom is -0.484 e. The minimum absolute atomic E-state index is 0.0897. The number of hydrogen-bond donors (Lipinski definition) is 1. The summed E-state index contributed by atoms with van der Waals surface area (Å²) < 4.78 is 5.96. The molecule has 2 aromatic rings. The zero-order valence-corrected chi connectivity index (χ0v) is 11.6. The third-order valence-electron chi connectivity index (χ3n) is 3.27. The van der Waals surface area contributed by atoms with Crippen molar-refractivity contribution in [3.05, 3.63) is 65.2 Å². The first kappa shape index (κ1) is 13.6. The first-order chi connectivity index (χ1) is 9.22. The van der Waals surface area contributed by atoms with Crippen LogP contribution in [0.4, 0.5) is 0 Å². The van der Waals surface area contributed by atoms with E-state index in [4.69, 9.17) is 10.5 Å². The summed E-state index contributed by atoms with van der Waals surface area (Å²) in [5.41, 5.74) is 9.49. The van der Waals surface area contributed by atoms with Crippen molar-refractivity contribution in [3.8, 4) is 5.75 Å². The average Bonchev–Trinajstić information content (AvgIpc) is 2.46. The van der Waals surface area contributed by atoms with Gasteiger partial charge in [-0.25, -0.2) is 0 Å². The highest BCUT2D eigenvalue weighted by Gasteiger charge is 2.11. The predicted octanol–water partition coefficient (Wildman–Crippen LogP) is 3.64. The fourth-order valence-electron chi connectivity index (χ4n) is 2.00. The van der Waals surface area contributed by atoms with Crippen LogP contribution in [0.3, 0.4) is 0 Å². The normalized spacial score (nSPS) is 12.2. The van der Waals surface area contributed by atoms with E-state index in [1.807, 2.05) is 12.1 Å². The molecule has 2 nitrogen and oxygen atoms in total. The van der Waals surface area contributed by atoms with E-state index in [-0.39, 0.29) is 6.10 Å². The Morgan fingerprint density at radius 3 is 2.16 bits per heavy atom. The molecule has 0 aliphatic heterocycles. The Hall–Kier alpha value is -1.80. The van der Waals surface area contributed by atoms with Gasteiger partial charge in [0, 0.05) is 6.54 Å². The molecule has 0 amide bonds. The number of ether oxygens (including phenoxy) is 1. The van der Waals surface area contributed by atoms with Gasteiger partial charge in [0.15, 0.2) is 0 Å². The molecule has 19 heavy (non-hydrogen) atoms. The fraction of sp³-hybridized carbons (Fsp3) is 0.294. The molecule has 0 aliphatic carbocycles. The maximum atomic E-state index is 5.96. The van der Waals surface area contributed by atoms with E-state index in [2.05, 4.69) is 50.2 Å². The third-order valence-corrected chi connectivity index (χ3v) is 3.27. The molecule has 2 N–H and O–H groups in total. The molecule has 0 aromatic heterocycles. The van der Waals surface area contributed by atoms with Crippen LogP contribution in [0, 0.1) is 6.92 Å². The van der Waals surface area contributed by atoms with Crippen LogP contribution in [0.2, 0.25) is 0 Å². The third kappa shape index (κ3) is 3.58. The van der Waals surface area contributed by atoms with Gasteiger partial charge in [-0.3, -0.25) is 0 Å². The summed E-state index contributed by atoms with van der Waals surface area (Å²) in [5, 5.41) is 0. The van der Waals surface area contributed by atoms with Crippen LogP contribution in [-0.2, 0) is 6.42 Å². The van der Waals surface area contributed by atoms with E-state index in [0.717, 1.165) is 17.7 Å². The van der Waals surface area contributed by atoms with E-state index >= 15 is 0 Å². The fourth-order valence-corrected chi connectivity index (χ4v) is 2.00. The Bertz CT molecular complexity index is 502. The molecule has 1 unspecified atom stereocenters. The molecule has 100 valence electrons. The smallest absolute Gasteiger partial charge is 0.136 e. The second-order valence-corrected chi connectivity index (χ2v) is 4.75. The minimum atomic E-state index is -0.0897.